The van der Waals surface area contributed by atoms with Crippen LogP contribution in [0.1, 0.15) is 15.9 Å². The Morgan fingerprint density at radius 2 is 1.78 bits per heavy atom. The van der Waals surface area contributed by atoms with Gasteiger partial charge in [0.05, 0.1) is 41.2 Å². The minimum atomic E-state index is -0.942. The molecule has 5 nitrogen and oxygen atoms in total. The average Bonchev–Trinajstić information content (AvgIpc) is 2.84. The number of hydrogen-bond donors (Lipinski definition) is 1. The molecule has 1 amide bonds. The van der Waals surface area contributed by atoms with Gasteiger partial charge in [-0.15, -0.1) is 0 Å². The predicted octanol–water partition coefficient (Wildman–Crippen LogP) is 5.88. The Labute approximate surface area is 224 Å². The molecule has 0 saturated carbocycles. The van der Waals surface area contributed by atoms with E-state index in [4.69, 9.17) is 23.2 Å². The zero-order valence-electron chi connectivity index (χ0n) is 20.1. The highest BCUT2D eigenvalue weighted by molar-refractivity contribution is 6.33. The lowest BCUT2D eigenvalue weighted by Gasteiger charge is -2.39. The number of carbonyl (C=O) groups excluding carboxylic acids is 1. The van der Waals surface area contributed by atoms with Gasteiger partial charge in [-0.25, -0.2) is 8.78 Å². The molecule has 3 aromatic carbocycles. The van der Waals surface area contributed by atoms with E-state index in [1.807, 2.05) is 23.1 Å². The van der Waals surface area contributed by atoms with E-state index in [9.17, 15) is 18.7 Å². The first-order valence-corrected chi connectivity index (χ1v) is 12.6. The van der Waals surface area contributed by atoms with Crippen LogP contribution in [0.2, 0.25) is 10.0 Å². The van der Waals surface area contributed by atoms with Gasteiger partial charge in [-0.1, -0.05) is 41.9 Å². The summed E-state index contributed by atoms with van der Waals surface area (Å²) < 4.78 is 28.5. The van der Waals surface area contributed by atoms with Crippen LogP contribution in [0.4, 0.5) is 20.2 Å². The van der Waals surface area contributed by atoms with Gasteiger partial charge < -0.3 is 19.8 Å². The number of nitrogens with zero attached hydrogens (tertiary/aromatic N) is 3. The number of alkyl halides is 1. The fourth-order valence-electron chi connectivity index (χ4n) is 4.62. The van der Waals surface area contributed by atoms with E-state index in [1.54, 1.807) is 41.1 Å². The number of benzene rings is 3. The van der Waals surface area contributed by atoms with E-state index >= 15 is 0 Å². The number of aliphatic hydroxyl groups excluding tert-OH is 1. The molecular weight excluding hydrogens is 519 g/mol. The van der Waals surface area contributed by atoms with Crippen molar-refractivity contribution < 1.29 is 18.7 Å². The van der Waals surface area contributed by atoms with E-state index in [2.05, 4.69) is 6.58 Å². The summed E-state index contributed by atoms with van der Waals surface area (Å²) in [6.07, 6.45) is -1.44. The lowest BCUT2D eigenvalue weighted by Crippen LogP contribution is -2.53. The van der Waals surface area contributed by atoms with Crippen molar-refractivity contribution in [2.45, 2.75) is 12.3 Å². The maximum atomic E-state index is 14.6. The summed E-state index contributed by atoms with van der Waals surface area (Å²) in [5.41, 5.74) is 3.82. The largest absolute Gasteiger partial charge is 0.389 e. The third-order valence-corrected chi connectivity index (χ3v) is 7.49. The zero-order chi connectivity index (χ0) is 26.4. The number of halogens is 4. The van der Waals surface area contributed by atoms with Crippen molar-refractivity contribution in [3.05, 3.63) is 88.2 Å². The van der Waals surface area contributed by atoms with E-state index in [0.717, 1.165) is 11.3 Å². The highest BCUT2D eigenvalue weighted by atomic mass is 35.5. The van der Waals surface area contributed by atoms with Crippen LogP contribution in [-0.2, 0) is 0 Å². The van der Waals surface area contributed by atoms with Gasteiger partial charge in [0.1, 0.15) is 12.0 Å². The van der Waals surface area contributed by atoms with Crippen molar-refractivity contribution in [2.24, 2.45) is 0 Å². The summed E-state index contributed by atoms with van der Waals surface area (Å²) in [5.74, 6) is -0.667. The van der Waals surface area contributed by atoms with Crippen LogP contribution in [0.5, 0.6) is 0 Å². The summed E-state index contributed by atoms with van der Waals surface area (Å²) in [7, 11) is 1.75. The Balaban J connectivity index is 1.52. The maximum Gasteiger partial charge on any atom is 0.254 e. The first-order valence-electron chi connectivity index (χ1n) is 11.8. The van der Waals surface area contributed by atoms with E-state index in [1.165, 1.54) is 12.1 Å². The van der Waals surface area contributed by atoms with Crippen LogP contribution in [0.3, 0.4) is 0 Å². The fraction of sp³-hybridized carbons (Fsp3) is 0.250. The first-order chi connectivity index (χ1) is 17.6. The second-order valence-corrected chi connectivity index (χ2v) is 10.2. The number of likely N-dealkylation sites (tertiary alicyclic amines) is 1. The van der Waals surface area contributed by atoms with Crippen molar-refractivity contribution in [3.63, 3.8) is 0 Å². The Morgan fingerprint density at radius 3 is 2.43 bits per heavy atom. The van der Waals surface area contributed by atoms with Gasteiger partial charge in [0.15, 0.2) is 0 Å². The van der Waals surface area contributed by atoms with Crippen LogP contribution in [0, 0.1) is 5.82 Å². The number of carbonyl (C=O) groups is 1. The minimum absolute atomic E-state index is 0.180. The molecule has 1 N–H and O–H groups in total. The minimum Gasteiger partial charge on any atom is -0.389 e. The summed E-state index contributed by atoms with van der Waals surface area (Å²) in [6.45, 7) is 5.12. The molecule has 0 aliphatic carbocycles. The molecule has 3 aromatic rings. The van der Waals surface area contributed by atoms with Gasteiger partial charge >= 0.3 is 0 Å². The van der Waals surface area contributed by atoms with Gasteiger partial charge in [0.25, 0.3) is 5.91 Å². The molecule has 2 aliphatic heterocycles. The molecule has 0 radical (unpaired) electrons. The van der Waals surface area contributed by atoms with Crippen LogP contribution in [0.15, 0.2) is 61.2 Å². The quantitative estimate of drug-likeness (QED) is 0.421. The molecule has 37 heavy (non-hydrogen) atoms. The molecule has 5 rings (SSSR count). The summed E-state index contributed by atoms with van der Waals surface area (Å²) in [6, 6.07) is 15.1. The van der Waals surface area contributed by atoms with Crippen molar-refractivity contribution in [3.8, 4) is 11.1 Å². The third kappa shape index (κ3) is 4.79. The van der Waals surface area contributed by atoms with Gasteiger partial charge in [-0.2, -0.15) is 0 Å². The summed E-state index contributed by atoms with van der Waals surface area (Å²) >= 11 is 12.8. The Hall–Kier alpha value is -3.13. The standard InChI is InChI=1S/C28H25Cl2F2N3O2/c1-16(27-23(30)4-3-5-24(27)32)33(2)25-9-7-17(11-26(25)34-12-19(31)13-34)21-10-18(6-8-22(21)29)28(37)35-14-20(36)15-35/h3-11,19-20,36H,1,12-15H2,2H3. The topological polar surface area (TPSA) is 47.0 Å². The van der Waals surface area contributed by atoms with Crippen molar-refractivity contribution in [2.75, 3.05) is 43.0 Å². The van der Waals surface area contributed by atoms with Gasteiger partial charge in [0.2, 0.25) is 0 Å². The highest BCUT2D eigenvalue weighted by Crippen LogP contribution is 2.41. The molecule has 2 saturated heterocycles. The second kappa shape index (κ2) is 9.97. The number of β-amino-alcohol motifs (C(OH)–C–C–N with tert-alkyl or cyclic N) is 1. The van der Waals surface area contributed by atoms with E-state index in [-0.39, 0.29) is 29.6 Å². The molecular formula is C28H25Cl2F2N3O2. The lowest BCUT2D eigenvalue weighted by molar-refractivity contribution is 0.00590. The van der Waals surface area contributed by atoms with Gasteiger partial charge in [0, 0.05) is 42.0 Å². The number of anilines is 2. The van der Waals surface area contributed by atoms with Gasteiger partial charge in [-0.3, -0.25) is 4.79 Å². The Kier molecular flexibility index (Phi) is 6.88. The Morgan fingerprint density at radius 1 is 1.05 bits per heavy atom. The van der Waals surface area contributed by atoms with Crippen LogP contribution >= 0.6 is 23.2 Å². The molecule has 0 spiro atoms. The van der Waals surface area contributed by atoms with Crippen LogP contribution < -0.4 is 9.80 Å². The molecule has 0 atom stereocenters. The van der Waals surface area contributed by atoms with E-state index in [0.29, 0.717) is 40.6 Å². The number of hydrogen-bond acceptors (Lipinski definition) is 4. The van der Waals surface area contributed by atoms with E-state index < -0.39 is 18.1 Å². The molecule has 9 heteroatoms. The second-order valence-electron chi connectivity index (χ2n) is 9.37. The molecule has 2 aliphatic rings. The number of amides is 1. The van der Waals surface area contributed by atoms with Crippen molar-refractivity contribution >= 4 is 46.2 Å². The average molecular weight is 544 g/mol. The lowest BCUT2D eigenvalue weighted by atomic mass is 9.98. The van der Waals surface area contributed by atoms with Gasteiger partial charge in [-0.05, 0) is 48.0 Å². The molecule has 192 valence electrons. The molecule has 2 heterocycles. The molecule has 2 fully saturated rings. The monoisotopic (exact) mass is 543 g/mol. The molecule has 0 bridgehead atoms. The van der Waals surface area contributed by atoms with Crippen LogP contribution in [-0.4, -0.2) is 61.4 Å². The predicted molar refractivity (Wildman–Crippen MR) is 145 cm³/mol. The van der Waals surface area contributed by atoms with Crippen LogP contribution in [0.25, 0.3) is 16.8 Å². The maximum absolute atomic E-state index is 14.6. The van der Waals surface area contributed by atoms with Crippen molar-refractivity contribution in [1.29, 1.82) is 0 Å². The zero-order valence-corrected chi connectivity index (χ0v) is 21.6. The first kappa shape index (κ1) is 25.5. The molecule has 0 unspecified atom stereocenters. The smallest absolute Gasteiger partial charge is 0.254 e. The van der Waals surface area contributed by atoms with Crippen molar-refractivity contribution in [1.82, 2.24) is 4.90 Å². The third-order valence-electron chi connectivity index (χ3n) is 6.84. The fourth-order valence-corrected chi connectivity index (χ4v) is 5.12. The number of rotatable bonds is 6. The molecule has 0 aromatic heterocycles. The SMILES string of the molecule is C=C(c1c(F)cccc1Cl)N(C)c1ccc(-c2cc(C(=O)N3CC(O)C3)ccc2Cl)cc1N1CC(F)C1. The normalized spacial score (nSPS) is 15.8. The highest BCUT2D eigenvalue weighted by Gasteiger charge is 2.31. The summed E-state index contributed by atoms with van der Waals surface area (Å²) in [5, 5.41) is 10.3. The Bertz CT molecular complexity index is 1370. The summed E-state index contributed by atoms with van der Waals surface area (Å²) in [4.78, 5) is 18.0. The number of aliphatic hydroxyl groups is 1.